The van der Waals surface area contributed by atoms with E-state index in [1.165, 1.54) is 19.4 Å². The Morgan fingerprint density at radius 3 is 2.68 bits per heavy atom. The maximum Gasteiger partial charge on any atom is 0.246 e. The van der Waals surface area contributed by atoms with Crippen LogP contribution in [0.15, 0.2) is 30.3 Å². The molecule has 2 aliphatic heterocycles. The van der Waals surface area contributed by atoms with Crippen LogP contribution in [-0.4, -0.2) is 48.4 Å². The molecule has 4 heteroatoms. The third kappa shape index (κ3) is 2.77. The minimum absolute atomic E-state index is 0.0605. The SMILES string of the molecule is CN1CCCC2CN(C(=O)C(C)(N)c3ccccc3)CCC21. The predicted molar refractivity (Wildman–Crippen MR) is 88.3 cm³/mol. The van der Waals surface area contributed by atoms with Crippen molar-refractivity contribution >= 4 is 5.91 Å². The molecule has 0 aromatic heterocycles. The van der Waals surface area contributed by atoms with Crippen LogP contribution in [0.25, 0.3) is 0 Å². The maximum atomic E-state index is 13.0. The predicted octanol–water partition coefficient (Wildman–Crippen LogP) is 1.80. The van der Waals surface area contributed by atoms with Gasteiger partial charge in [0.1, 0.15) is 5.54 Å². The van der Waals surface area contributed by atoms with Gasteiger partial charge in [0.15, 0.2) is 0 Å². The second-order valence-electron chi connectivity index (χ2n) is 7.06. The van der Waals surface area contributed by atoms with Crippen LogP contribution in [-0.2, 0) is 10.3 Å². The van der Waals surface area contributed by atoms with Crippen LogP contribution in [0.5, 0.6) is 0 Å². The molecule has 2 saturated heterocycles. The van der Waals surface area contributed by atoms with Gasteiger partial charge in [-0.2, -0.15) is 0 Å². The second-order valence-corrected chi connectivity index (χ2v) is 7.06. The molecule has 2 heterocycles. The topological polar surface area (TPSA) is 49.6 Å². The number of amides is 1. The van der Waals surface area contributed by atoms with E-state index in [0.717, 1.165) is 25.1 Å². The molecule has 0 bridgehead atoms. The summed E-state index contributed by atoms with van der Waals surface area (Å²) in [5.41, 5.74) is 6.36. The summed E-state index contributed by atoms with van der Waals surface area (Å²) in [5, 5.41) is 0. The molecular formula is C18H27N3O. The van der Waals surface area contributed by atoms with Crippen molar-refractivity contribution in [2.45, 2.75) is 37.8 Å². The number of nitrogens with two attached hydrogens (primary N) is 1. The molecule has 1 aromatic rings. The highest BCUT2D eigenvalue weighted by Gasteiger charge is 2.40. The van der Waals surface area contributed by atoms with Crippen molar-refractivity contribution in [1.29, 1.82) is 0 Å². The smallest absolute Gasteiger partial charge is 0.246 e. The van der Waals surface area contributed by atoms with Crippen molar-refractivity contribution in [3.63, 3.8) is 0 Å². The summed E-state index contributed by atoms with van der Waals surface area (Å²) in [4.78, 5) is 17.4. The van der Waals surface area contributed by atoms with Gasteiger partial charge in [0, 0.05) is 19.1 Å². The Hall–Kier alpha value is -1.39. The van der Waals surface area contributed by atoms with Gasteiger partial charge in [0.25, 0.3) is 0 Å². The van der Waals surface area contributed by atoms with Crippen molar-refractivity contribution in [2.24, 2.45) is 11.7 Å². The highest BCUT2D eigenvalue weighted by atomic mass is 16.2. The lowest BCUT2D eigenvalue weighted by Gasteiger charge is -2.47. The van der Waals surface area contributed by atoms with Crippen molar-refractivity contribution in [3.8, 4) is 0 Å². The van der Waals surface area contributed by atoms with Crippen LogP contribution in [0.3, 0.4) is 0 Å². The highest BCUT2D eigenvalue weighted by Crippen LogP contribution is 2.31. The van der Waals surface area contributed by atoms with Gasteiger partial charge in [-0.25, -0.2) is 0 Å². The lowest BCUT2D eigenvalue weighted by Crippen LogP contribution is -2.58. The summed E-state index contributed by atoms with van der Waals surface area (Å²) in [6.45, 7) is 4.70. The van der Waals surface area contributed by atoms with Crippen LogP contribution in [0.1, 0.15) is 31.7 Å². The minimum atomic E-state index is -0.936. The van der Waals surface area contributed by atoms with Crippen LogP contribution in [0, 0.1) is 5.92 Å². The number of rotatable bonds is 2. The number of benzene rings is 1. The molecule has 2 fully saturated rings. The fraction of sp³-hybridized carbons (Fsp3) is 0.611. The fourth-order valence-electron chi connectivity index (χ4n) is 4.07. The molecule has 0 spiro atoms. The Labute approximate surface area is 133 Å². The van der Waals surface area contributed by atoms with Crippen molar-refractivity contribution in [3.05, 3.63) is 35.9 Å². The van der Waals surface area contributed by atoms with Gasteiger partial charge >= 0.3 is 0 Å². The first-order chi connectivity index (χ1) is 10.5. The summed E-state index contributed by atoms with van der Waals surface area (Å²) >= 11 is 0. The number of carbonyl (C=O) groups excluding carboxylic acids is 1. The monoisotopic (exact) mass is 301 g/mol. The normalized spacial score (nSPS) is 28.8. The van der Waals surface area contributed by atoms with E-state index in [1.54, 1.807) is 0 Å². The quantitative estimate of drug-likeness (QED) is 0.906. The van der Waals surface area contributed by atoms with E-state index < -0.39 is 5.54 Å². The van der Waals surface area contributed by atoms with Gasteiger partial charge in [-0.3, -0.25) is 4.79 Å². The standard InChI is InChI=1S/C18H27N3O/c1-18(19,15-8-4-3-5-9-15)17(22)21-12-10-16-14(13-21)7-6-11-20(16)2/h3-5,8-9,14,16H,6-7,10-13,19H2,1-2H3. The Bertz CT molecular complexity index is 528. The zero-order chi connectivity index (χ0) is 15.7. The fourth-order valence-corrected chi connectivity index (χ4v) is 4.07. The number of fused-ring (bicyclic) bond motifs is 1. The third-order valence-corrected chi connectivity index (χ3v) is 5.45. The van der Waals surface area contributed by atoms with Crippen LogP contribution in [0.4, 0.5) is 0 Å². The number of nitrogens with zero attached hydrogens (tertiary/aromatic N) is 2. The largest absolute Gasteiger partial charge is 0.340 e. The summed E-state index contributed by atoms with van der Waals surface area (Å²) in [7, 11) is 2.21. The van der Waals surface area contributed by atoms with Gasteiger partial charge in [0.2, 0.25) is 5.91 Å². The average Bonchev–Trinajstić information content (AvgIpc) is 2.55. The Morgan fingerprint density at radius 2 is 1.95 bits per heavy atom. The first kappa shape index (κ1) is 15.5. The van der Waals surface area contributed by atoms with Gasteiger partial charge in [-0.05, 0) is 51.3 Å². The van der Waals surface area contributed by atoms with Crippen molar-refractivity contribution < 1.29 is 4.79 Å². The molecule has 3 atom stereocenters. The van der Waals surface area contributed by atoms with E-state index in [2.05, 4.69) is 11.9 Å². The molecule has 3 rings (SSSR count). The number of likely N-dealkylation sites (tertiary alicyclic amines) is 2. The van der Waals surface area contributed by atoms with Crippen molar-refractivity contribution in [2.75, 3.05) is 26.7 Å². The Morgan fingerprint density at radius 1 is 1.23 bits per heavy atom. The summed E-state index contributed by atoms with van der Waals surface area (Å²) < 4.78 is 0. The van der Waals surface area contributed by atoms with Gasteiger partial charge in [-0.1, -0.05) is 30.3 Å². The first-order valence-electron chi connectivity index (χ1n) is 8.34. The third-order valence-electron chi connectivity index (χ3n) is 5.45. The zero-order valence-electron chi connectivity index (χ0n) is 13.7. The molecule has 22 heavy (non-hydrogen) atoms. The molecule has 3 unspecified atom stereocenters. The lowest BCUT2D eigenvalue weighted by molar-refractivity contribution is -0.140. The molecule has 2 aliphatic rings. The number of hydrogen-bond acceptors (Lipinski definition) is 3. The highest BCUT2D eigenvalue weighted by molar-refractivity contribution is 5.87. The molecular weight excluding hydrogens is 274 g/mol. The van der Waals surface area contributed by atoms with E-state index in [9.17, 15) is 4.79 Å². The summed E-state index contributed by atoms with van der Waals surface area (Å²) in [5.74, 6) is 0.661. The number of carbonyl (C=O) groups is 1. The Balaban J connectivity index is 1.73. The second kappa shape index (κ2) is 6.01. The van der Waals surface area contributed by atoms with Gasteiger partial charge in [0.05, 0.1) is 0 Å². The lowest BCUT2D eigenvalue weighted by atomic mass is 9.83. The zero-order valence-corrected chi connectivity index (χ0v) is 13.7. The molecule has 4 nitrogen and oxygen atoms in total. The van der Waals surface area contributed by atoms with E-state index >= 15 is 0 Å². The van der Waals surface area contributed by atoms with Crippen LogP contribution in [0.2, 0.25) is 0 Å². The first-order valence-corrected chi connectivity index (χ1v) is 8.34. The maximum absolute atomic E-state index is 13.0. The van der Waals surface area contributed by atoms with Crippen LogP contribution < -0.4 is 5.73 Å². The van der Waals surface area contributed by atoms with Crippen molar-refractivity contribution in [1.82, 2.24) is 9.80 Å². The molecule has 1 aromatic carbocycles. The molecule has 0 aliphatic carbocycles. The molecule has 0 saturated carbocycles. The Kier molecular flexibility index (Phi) is 4.24. The van der Waals surface area contributed by atoms with Crippen LogP contribution >= 0.6 is 0 Å². The summed E-state index contributed by atoms with van der Waals surface area (Å²) in [6.07, 6.45) is 3.53. The van der Waals surface area contributed by atoms with E-state index in [1.807, 2.05) is 42.2 Å². The average molecular weight is 301 g/mol. The molecule has 1 amide bonds. The molecule has 120 valence electrons. The van der Waals surface area contributed by atoms with Gasteiger partial charge < -0.3 is 15.5 Å². The van der Waals surface area contributed by atoms with E-state index in [-0.39, 0.29) is 5.91 Å². The number of hydrogen-bond donors (Lipinski definition) is 1. The van der Waals surface area contributed by atoms with Gasteiger partial charge in [-0.15, -0.1) is 0 Å². The molecule has 2 N–H and O–H groups in total. The molecule has 0 radical (unpaired) electrons. The van der Waals surface area contributed by atoms with E-state index in [0.29, 0.717) is 12.0 Å². The van der Waals surface area contributed by atoms with E-state index in [4.69, 9.17) is 5.73 Å². The number of piperidine rings is 2. The summed E-state index contributed by atoms with van der Waals surface area (Å²) in [6, 6.07) is 10.4. The minimum Gasteiger partial charge on any atom is -0.340 e.